The van der Waals surface area contributed by atoms with Crippen LogP contribution in [-0.2, 0) is 13.0 Å². The summed E-state index contributed by atoms with van der Waals surface area (Å²) >= 11 is 7.85. The molecule has 1 N–H and O–H groups in total. The van der Waals surface area contributed by atoms with E-state index in [-0.39, 0.29) is 0 Å². The molecule has 0 spiro atoms. The highest BCUT2D eigenvalue weighted by molar-refractivity contribution is 7.13. The average Bonchev–Trinajstić information content (AvgIpc) is 3.19. The van der Waals surface area contributed by atoms with Crippen molar-refractivity contribution in [3.8, 4) is 0 Å². The molecule has 28 heavy (non-hydrogen) atoms. The fourth-order valence-corrected chi connectivity index (χ4v) is 4.32. The van der Waals surface area contributed by atoms with Gasteiger partial charge in [0.25, 0.3) is 0 Å². The summed E-state index contributed by atoms with van der Waals surface area (Å²) in [7, 11) is 0. The summed E-state index contributed by atoms with van der Waals surface area (Å²) in [5.74, 6) is 1.45. The van der Waals surface area contributed by atoms with Crippen LogP contribution >= 0.6 is 22.9 Å². The van der Waals surface area contributed by atoms with Crippen LogP contribution in [0.25, 0.3) is 0 Å². The SMILES string of the molecule is Cc1ccc(CN2CCC(Cc3cc(Nc4nccs4)ncn3)CC2)c(Cl)n1. The largest absolute Gasteiger partial charge is 0.316 e. The second-order valence-electron chi connectivity index (χ2n) is 7.18. The smallest absolute Gasteiger partial charge is 0.188 e. The van der Waals surface area contributed by atoms with Gasteiger partial charge in [0.15, 0.2) is 5.13 Å². The second-order valence-corrected chi connectivity index (χ2v) is 8.44. The molecule has 8 heteroatoms. The Labute approximate surface area is 174 Å². The number of piperidine rings is 1. The van der Waals surface area contributed by atoms with E-state index in [9.17, 15) is 0 Å². The van der Waals surface area contributed by atoms with E-state index in [0.29, 0.717) is 11.1 Å². The summed E-state index contributed by atoms with van der Waals surface area (Å²) in [4.78, 5) is 19.8. The number of nitrogens with zero attached hydrogens (tertiary/aromatic N) is 5. The van der Waals surface area contributed by atoms with Crippen LogP contribution in [0.4, 0.5) is 10.9 Å². The number of pyridine rings is 1. The third kappa shape index (κ3) is 5.04. The van der Waals surface area contributed by atoms with Crippen molar-refractivity contribution in [3.63, 3.8) is 0 Å². The van der Waals surface area contributed by atoms with Gasteiger partial charge in [0, 0.05) is 41.1 Å². The maximum absolute atomic E-state index is 6.29. The number of rotatable bonds is 6. The molecule has 0 amide bonds. The molecule has 3 aromatic rings. The van der Waals surface area contributed by atoms with Crippen LogP contribution in [0.15, 0.2) is 36.1 Å². The van der Waals surface area contributed by atoms with Gasteiger partial charge in [-0.25, -0.2) is 19.9 Å². The Morgan fingerprint density at radius 2 is 2.07 bits per heavy atom. The van der Waals surface area contributed by atoms with E-state index in [0.717, 1.165) is 66.8 Å². The van der Waals surface area contributed by atoms with Crippen molar-refractivity contribution < 1.29 is 0 Å². The van der Waals surface area contributed by atoms with Crippen LogP contribution in [0.1, 0.15) is 29.8 Å². The molecule has 0 radical (unpaired) electrons. The zero-order chi connectivity index (χ0) is 19.3. The van der Waals surface area contributed by atoms with Gasteiger partial charge in [-0.05, 0) is 51.3 Å². The van der Waals surface area contributed by atoms with Gasteiger partial charge in [-0.2, -0.15) is 0 Å². The van der Waals surface area contributed by atoms with Crippen LogP contribution in [0.2, 0.25) is 5.15 Å². The van der Waals surface area contributed by atoms with Crippen molar-refractivity contribution in [2.45, 2.75) is 32.7 Å². The number of hydrogen-bond donors (Lipinski definition) is 1. The predicted octanol–water partition coefficient (Wildman–Crippen LogP) is 4.49. The van der Waals surface area contributed by atoms with Crippen LogP contribution in [-0.4, -0.2) is 37.9 Å². The topological polar surface area (TPSA) is 66.8 Å². The molecule has 146 valence electrons. The number of nitrogens with one attached hydrogen (secondary N) is 1. The van der Waals surface area contributed by atoms with Gasteiger partial charge in [0.05, 0.1) is 0 Å². The number of likely N-dealkylation sites (tertiary alicyclic amines) is 1. The lowest BCUT2D eigenvalue weighted by atomic mass is 9.92. The van der Waals surface area contributed by atoms with E-state index in [1.54, 1.807) is 23.9 Å². The summed E-state index contributed by atoms with van der Waals surface area (Å²) in [5, 5.41) is 6.65. The Bertz CT molecular complexity index is 909. The summed E-state index contributed by atoms with van der Waals surface area (Å²) < 4.78 is 0. The van der Waals surface area contributed by atoms with Gasteiger partial charge in [0.2, 0.25) is 0 Å². The third-order valence-electron chi connectivity index (χ3n) is 5.06. The Morgan fingerprint density at radius 1 is 1.21 bits per heavy atom. The molecule has 1 fully saturated rings. The Balaban J connectivity index is 1.29. The van der Waals surface area contributed by atoms with Crippen LogP contribution in [0.5, 0.6) is 0 Å². The van der Waals surface area contributed by atoms with Gasteiger partial charge in [-0.1, -0.05) is 17.7 Å². The molecule has 4 rings (SSSR count). The molecule has 0 aromatic carbocycles. The Hall–Kier alpha value is -2.09. The molecular formula is C20H23ClN6S. The van der Waals surface area contributed by atoms with E-state index in [2.05, 4.69) is 36.2 Å². The van der Waals surface area contributed by atoms with Gasteiger partial charge in [0.1, 0.15) is 17.3 Å². The first-order chi connectivity index (χ1) is 13.7. The number of halogens is 1. The first kappa shape index (κ1) is 19.2. The summed E-state index contributed by atoms with van der Waals surface area (Å²) in [6.45, 7) is 4.98. The average molecular weight is 415 g/mol. The Morgan fingerprint density at radius 3 is 2.82 bits per heavy atom. The predicted molar refractivity (Wildman–Crippen MR) is 113 cm³/mol. The first-order valence-electron chi connectivity index (χ1n) is 9.47. The molecule has 6 nitrogen and oxygen atoms in total. The standard InChI is InChI=1S/C20H23ClN6S/c1-14-2-3-16(19(21)25-14)12-27-7-4-15(5-8-27)10-17-11-18(24-13-23-17)26-20-22-6-9-28-20/h2-3,6,9,11,13,15H,4-5,7-8,10,12H2,1H3,(H,22,23,24,26). The lowest BCUT2D eigenvalue weighted by molar-refractivity contribution is 0.176. The number of thiazole rings is 1. The molecule has 1 aliphatic rings. The lowest BCUT2D eigenvalue weighted by Crippen LogP contribution is -2.34. The number of aryl methyl sites for hydroxylation is 1. The molecule has 0 bridgehead atoms. The molecule has 0 aliphatic carbocycles. The van der Waals surface area contributed by atoms with Crippen LogP contribution in [0, 0.1) is 12.8 Å². The summed E-state index contributed by atoms with van der Waals surface area (Å²) in [6, 6.07) is 6.15. The minimum Gasteiger partial charge on any atom is -0.316 e. The van der Waals surface area contributed by atoms with E-state index in [4.69, 9.17) is 11.6 Å². The molecule has 4 heterocycles. The van der Waals surface area contributed by atoms with Crippen LogP contribution < -0.4 is 5.32 Å². The first-order valence-corrected chi connectivity index (χ1v) is 10.7. The molecule has 1 saturated heterocycles. The van der Waals surface area contributed by atoms with Crippen molar-refractivity contribution in [1.29, 1.82) is 0 Å². The number of hydrogen-bond acceptors (Lipinski definition) is 7. The monoisotopic (exact) mass is 414 g/mol. The summed E-state index contributed by atoms with van der Waals surface area (Å²) in [5.41, 5.74) is 3.15. The lowest BCUT2D eigenvalue weighted by Gasteiger charge is -2.32. The van der Waals surface area contributed by atoms with Crippen molar-refractivity contribution >= 4 is 33.9 Å². The van der Waals surface area contributed by atoms with Crippen molar-refractivity contribution in [2.75, 3.05) is 18.4 Å². The van der Waals surface area contributed by atoms with E-state index >= 15 is 0 Å². The van der Waals surface area contributed by atoms with Crippen LogP contribution in [0.3, 0.4) is 0 Å². The van der Waals surface area contributed by atoms with E-state index in [1.807, 2.05) is 24.4 Å². The van der Waals surface area contributed by atoms with E-state index < -0.39 is 0 Å². The van der Waals surface area contributed by atoms with Gasteiger partial charge < -0.3 is 5.32 Å². The molecule has 0 saturated carbocycles. The summed E-state index contributed by atoms with van der Waals surface area (Å²) in [6.07, 6.45) is 6.72. The zero-order valence-corrected chi connectivity index (χ0v) is 17.4. The number of anilines is 2. The maximum Gasteiger partial charge on any atom is 0.188 e. The molecule has 0 atom stereocenters. The van der Waals surface area contributed by atoms with Gasteiger partial charge in [-0.3, -0.25) is 4.90 Å². The van der Waals surface area contributed by atoms with Crippen molar-refractivity contribution in [3.05, 3.63) is 58.2 Å². The van der Waals surface area contributed by atoms with Crippen molar-refractivity contribution in [2.24, 2.45) is 5.92 Å². The highest BCUT2D eigenvalue weighted by atomic mass is 35.5. The fourth-order valence-electron chi connectivity index (χ4n) is 3.53. The quantitative estimate of drug-likeness (QED) is 0.599. The van der Waals surface area contributed by atoms with Crippen molar-refractivity contribution in [1.82, 2.24) is 24.8 Å². The molecule has 1 aliphatic heterocycles. The minimum atomic E-state index is 0.628. The van der Waals surface area contributed by atoms with Gasteiger partial charge >= 0.3 is 0 Å². The van der Waals surface area contributed by atoms with E-state index in [1.165, 1.54) is 0 Å². The maximum atomic E-state index is 6.29. The number of aromatic nitrogens is 4. The molecular weight excluding hydrogens is 392 g/mol. The van der Waals surface area contributed by atoms with Gasteiger partial charge in [-0.15, -0.1) is 11.3 Å². The highest BCUT2D eigenvalue weighted by Gasteiger charge is 2.21. The molecule has 3 aromatic heterocycles. The fraction of sp³-hybridized carbons (Fsp3) is 0.400. The second kappa shape index (κ2) is 8.94. The highest BCUT2D eigenvalue weighted by Crippen LogP contribution is 2.25. The molecule has 0 unspecified atom stereocenters. The Kier molecular flexibility index (Phi) is 6.14. The third-order valence-corrected chi connectivity index (χ3v) is 6.07. The zero-order valence-electron chi connectivity index (χ0n) is 15.8. The normalized spacial score (nSPS) is 15.6. The minimum absolute atomic E-state index is 0.628.